The number of rotatable bonds is 6. The summed E-state index contributed by atoms with van der Waals surface area (Å²) in [5, 5.41) is 11.2. The molecule has 1 aliphatic rings. The molecule has 3 aromatic carbocycles. The first-order valence-corrected chi connectivity index (χ1v) is 11.1. The fourth-order valence-electron chi connectivity index (χ4n) is 3.51. The SMILES string of the molecule is O=C(NC1CC1)c1cccc(NC(=O)c2cn(-c3ccccc3)nc2-c2ccc(Cl)cc2)c1. The predicted molar refractivity (Wildman–Crippen MR) is 129 cm³/mol. The van der Waals surface area contributed by atoms with Crippen molar-refractivity contribution < 1.29 is 9.59 Å². The van der Waals surface area contributed by atoms with Crippen LogP contribution in [0.1, 0.15) is 33.6 Å². The Morgan fingerprint density at radius 1 is 0.909 bits per heavy atom. The Morgan fingerprint density at radius 3 is 2.39 bits per heavy atom. The normalized spacial score (nSPS) is 12.9. The average Bonchev–Trinajstić information content (AvgIpc) is 3.54. The summed E-state index contributed by atoms with van der Waals surface area (Å²) >= 11 is 6.05. The minimum Gasteiger partial charge on any atom is -0.349 e. The van der Waals surface area contributed by atoms with Crippen molar-refractivity contribution >= 4 is 29.1 Å². The highest BCUT2D eigenvalue weighted by molar-refractivity contribution is 6.30. The van der Waals surface area contributed by atoms with Gasteiger partial charge in [-0.25, -0.2) is 4.68 Å². The maximum atomic E-state index is 13.3. The molecule has 33 heavy (non-hydrogen) atoms. The lowest BCUT2D eigenvalue weighted by Crippen LogP contribution is -2.25. The molecule has 0 bridgehead atoms. The van der Waals surface area contributed by atoms with Crippen LogP contribution in [0.4, 0.5) is 5.69 Å². The van der Waals surface area contributed by atoms with Gasteiger partial charge in [0.25, 0.3) is 11.8 Å². The van der Waals surface area contributed by atoms with Gasteiger partial charge in [-0.1, -0.05) is 48.0 Å². The van der Waals surface area contributed by atoms with Crippen LogP contribution in [-0.4, -0.2) is 27.6 Å². The second-order valence-corrected chi connectivity index (χ2v) is 8.40. The van der Waals surface area contributed by atoms with Crippen LogP contribution in [0, 0.1) is 0 Å². The number of amides is 2. The Balaban J connectivity index is 1.46. The first-order valence-electron chi connectivity index (χ1n) is 10.7. The van der Waals surface area contributed by atoms with E-state index in [1.54, 1.807) is 47.3 Å². The van der Waals surface area contributed by atoms with E-state index < -0.39 is 0 Å². The lowest BCUT2D eigenvalue weighted by molar-refractivity contribution is 0.0949. The summed E-state index contributed by atoms with van der Waals surface area (Å²) < 4.78 is 1.68. The molecule has 1 aliphatic carbocycles. The molecule has 7 heteroatoms. The highest BCUT2D eigenvalue weighted by Crippen LogP contribution is 2.26. The van der Waals surface area contributed by atoms with E-state index in [4.69, 9.17) is 11.6 Å². The van der Waals surface area contributed by atoms with Crippen LogP contribution in [0.2, 0.25) is 5.02 Å². The zero-order valence-electron chi connectivity index (χ0n) is 17.7. The van der Waals surface area contributed by atoms with E-state index in [0.29, 0.717) is 27.5 Å². The highest BCUT2D eigenvalue weighted by Gasteiger charge is 2.24. The van der Waals surface area contributed by atoms with Gasteiger partial charge in [-0.3, -0.25) is 9.59 Å². The van der Waals surface area contributed by atoms with Gasteiger partial charge in [-0.2, -0.15) is 5.10 Å². The number of carbonyl (C=O) groups is 2. The topological polar surface area (TPSA) is 76.0 Å². The molecule has 1 heterocycles. The summed E-state index contributed by atoms with van der Waals surface area (Å²) in [4.78, 5) is 25.7. The van der Waals surface area contributed by atoms with Crippen molar-refractivity contribution in [3.63, 3.8) is 0 Å². The smallest absolute Gasteiger partial charge is 0.259 e. The number of benzene rings is 3. The fourth-order valence-corrected chi connectivity index (χ4v) is 3.63. The van der Waals surface area contributed by atoms with Crippen molar-refractivity contribution in [2.75, 3.05) is 5.32 Å². The number of carbonyl (C=O) groups excluding carboxylic acids is 2. The maximum Gasteiger partial charge on any atom is 0.259 e. The second-order valence-electron chi connectivity index (χ2n) is 7.96. The van der Waals surface area contributed by atoms with E-state index >= 15 is 0 Å². The van der Waals surface area contributed by atoms with Gasteiger partial charge >= 0.3 is 0 Å². The van der Waals surface area contributed by atoms with E-state index in [2.05, 4.69) is 15.7 Å². The molecule has 2 amide bonds. The van der Waals surface area contributed by atoms with Crippen LogP contribution in [0.25, 0.3) is 16.9 Å². The van der Waals surface area contributed by atoms with E-state index in [1.807, 2.05) is 42.5 Å². The number of para-hydroxylation sites is 1. The van der Waals surface area contributed by atoms with Crippen molar-refractivity contribution in [2.24, 2.45) is 0 Å². The van der Waals surface area contributed by atoms with Crippen molar-refractivity contribution in [2.45, 2.75) is 18.9 Å². The summed E-state index contributed by atoms with van der Waals surface area (Å²) in [5.74, 6) is -0.450. The van der Waals surface area contributed by atoms with Crippen molar-refractivity contribution in [1.29, 1.82) is 0 Å². The molecule has 0 unspecified atom stereocenters. The molecule has 5 rings (SSSR count). The number of nitrogens with zero attached hydrogens (tertiary/aromatic N) is 2. The van der Waals surface area contributed by atoms with Crippen molar-refractivity contribution in [1.82, 2.24) is 15.1 Å². The fraction of sp³-hybridized carbons (Fsp3) is 0.115. The Bertz CT molecular complexity index is 1310. The molecule has 2 N–H and O–H groups in total. The predicted octanol–water partition coefficient (Wildman–Crippen LogP) is 5.34. The molecule has 0 spiro atoms. The van der Waals surface area contributed by atoms with Crippen molar-refractivity contribution in [3.8, 4) is 16.9 Å². The van der Waals surface area contributed by atoms with Gasteiger partial charge in [0.05, 0.1) is 11.3 Å². The third kappa shape index (κ3) is 4.81. The summed E-state index contributed by atoms with van der Waals surface area (Å²) in [7, 11) is 0. The molecule has 4 aromatic rings. The average molecular weight is 457 g/mol. The summed E-state index contributed by atoms with van der Waals surface area (Å²) in [6.07, 6.45) is 3.74. The molecule has 1 saturated carbocycles. The molecule has 0 saturated heterocycles. The summed E-state index contributed by atoms with van der Waals surface area (Å²) in [6.45, 7) is 0. The van der Waals surface area contributed by atoms with Gasteiger partial charge in [0.1, 0.15) is 5.69 Å². The van der Waals surface area contributed by atoms with E-state index in [1.165, 1.54) is 0 Å². The van der Waals surface area contributed by atoms with Crippen LogP contribution in [0.5, 0.6) is 0 Å². The number of nitrogens with one attached hydrogen (secondary N) is 2. The summed E-state index contributed by atoms with van der Waals surface area (Å²) in [5.41, 5.74) is 3.61. The quantitative estimate of drug-likeness (QED) is 0.411. The van der Waals surface area contributed by atoms with E-state index in [0.717, 1.165) is 24.1 Å². The molecular formula is C26H21ClN4O2. The Hall–Kier alpha value is -3.90. The van der Waals surface area contributed by atoms with E-state index in [-0.39, 0.29) is 17.9 Å². The van der Waals surface area contributed by atoms with Gasteiger partial charge in [0.2, 0.25) is 0 Å². The van der Waals surface area contributed by atoms with Crippen LogP contribution < -0.4 is 10.6 Å². The largest absolute Gasteiger partial charge is 0.349 e. The highest BCUT2D eigenvalue weighted by atomic mass is 35.5. The minimum absolute atomic E-state index is 0.132. The standard InChI is InChI=1S/C26H21ClN4O2/c27-19-11-9-17(10-12-19)24-23(16-31(30-24)22-7-2-1-3-8-22)26(33)29-21-6-4-5-18(15-21)25(32)28-20-13-14-20/h1-12,15-16,20H,13-14H2,(H,28,32)(H,29,33). The molecule has 0 atom stereocenters. The number of anilines is 1. The minimum atomic E-state index is -0.318. The Morgan fingerprint density at radius 2 is 1.67 bits per heavy atom. The molecule has 1 aromatic heterocycles. The lowest BCUT2D eigenvalue weighted by atomic mass is 10.1. The molecule has 164 valence electrons. The van der Waals surface area contributed by atoms with Gasteiger partial charge in [0, 0.05) is 34.1 Å². The first kappa shape index (κ1) is 21.0. The van der Waals surface area contributed by atoms with Gasteiger partial charge in [0.15, 0.2) is 0 Å². The van der Waals surface area contributed by atoms with Crippen LogP contribution >= 0.6 is 11.6 Å². The lowest BCUT2D eigenvalue weighted by Gasteiger charge is -2.08. The third-order valence-corrected chi connectivity index (χ3v) is 5.64. The van der Waals surface area contributed by atoms with Gasteiger partial charge < -0.3 is 10.6 Å². The monoisotopic (exact) mass is 456 g/mol. The van der Waals surface area contributed by atoms with E-state index in [9.17, 15) is 9.59 Å². The van der Waals surface area contributed by atoms with Gasteiger partial charge in [-0.05, 0) is 55.3 Å². The number of hydrogen-bond donors (Lipinski definition) is 2. The Labute approximate surface area is 196 Å². The molecule has 0 radical (unpaired) electrons. The molecule has 0 aliphatic heterocycles. The number of aromatic nitrogens is 2. The molecule has 6 nitrogen and oxygen atoms in total. The van der Waals surface area contributed by atoms with Crippen LogP contribution in [0.3, 0.4) is 0 Å². The molecule has 1 fully saturated rings. The third-order valence-electron chi connectivity index (χ3n) is 5.39. The zero-order chi connectivity index (χ0) is 22.8. The number of halogens is 1. The van der Waals surface area contributed by atoms with Crippen molar-refractivity contribution in [3.05, 3.63) is 101 Å². The van der Waals surface area contributed by atoms with Crippen LogP contribution in [0.15, 0.2) is 85.1 Å². The van der Waals surface area contributed by atoms with Gasteiger partial charge in [-0.15, -0.1) is 0 Å². The zero-order valence-corrected chi connectivity index (χ0v) is 18.4. The Kier molecular flexibility index (Phi) is 5.67. The summed E-state index contributed by atoms with van der Waals surface area (Å²) in [6, 6.07) is 24.0. The van der Waals surface area contributed by atoms with Crippen LogP contribution in [-0.2, 0) is 0 Å². The number of hydrogen-bond acceptors (Lipinski definition) is 3. The first-order chi connectivity index (χ1) is 16.1. The molecular weight excluding hydrogens is 436 g/mol. The maximum absolute atomic E-state index is 13.3. The second kappa shape index (κ2) is 8.92.